The highest BCUT2D eigenvalue weighted by atomic mass is 79.9. The Morgan fingerprint density at radius 2 is 1.81 bits per heavy atom. The van der Waals surface area contributed by atoms with Crippen LogP contribution in [0.3, 0.4) is 0 Å². The molecular weight excluding hydrogens is 547 g/mol. The standard InChI is InChI=1S/C31H48BrFO3Si/c1-22(34)35-30-21-28(33)26(27(30)15-9-7-8-12-18-32)16-17-29(36-37(5,6)31(2,3)4)25-19-23-13-10-11-14-24(23)20-25/h7,9-11,13-14,25-30H,8,12,15-21H2,1-6H3/b9-7-/t26-,27-,28+,29-,30+/m1/s1. The van der Waals surface area contributed by atoms with Crippen LogP contribution in [-0.2, 0) is 26.8 Å². The van der Waals surface area contributed by atoms with Gasteiger partial charge in [0.15, 0.2) is 8.32 Å². The van der Waals surface area contributed by atoms with E-state index in [4.69, 9.17) is 9.16 Å². The predicted octanol–water partition coefficient (Wildman–Crippen LogP) is 8.60. The van der Waals surface area contributed by atoms with E-state index in [2.05, 4.69) is 86.2 Å². The van der Waals surface area contributed by atoms with E-state index in [0.717, 1.165) is 50.3 Å². The van der Waals surface area contributed by atoms with Crippen molar-refractivity contribution in [2.24, 2.45) is 17.8 Å². The molecule has 2 aliphatic rings. The number of ether oxygens (including phenoxy) is 1. The van der Waals surface area contributed by atoms with Crippen LogP contribution in [0.25, 0.3) is 0 Å². The summed E-state index contributed by atoms with van der Waals surface area (Å²) in [7, 11) is -2.00. The van der Waals surface area contributed by atoms with Crippen LogP contribution in [0.4, 0.5) is 4.39 Å². The van der Waals surface area contributed by atoms with Crippen molar-refractivity contribution in [2.45, 2.75) is 116 Å². The molecule has 6 heteroatoms. The SMILES string of the molecule is CC(=O)O[C@H]1C[C@H](F)[C@H](CC[C@@H](O[Si](C)(C)C(C)(C)C)C2Cc3ccccc3C2)[C@H]1C/C=C\CCCBr. The fourth-order valence-electron chi connectivity index (χ4n) is 5.91. The molecule has 208 valence electrons. The fraction of sp³-hybridized carbons (Fsp3) is 0.710. The van der Waals surface area contributed by atoms with Gasteiger partial charge >= 0.3 is 5.97 Å². The second-order valence-electron chi connectivity index (χ2n) is 12.7. The number of esters is 1. The van der Waals surface area contributed by atoms with E-state index in [9.17, 15) is 4.79 Å². The Balaban J connectivity index is 1.76. The van der Waals surface area contributed by atoms with Crippen LogP contribution < -0.4 is 0 Å². The summed E-state index contributed by atoms with van der Waals surface area (Å²) in [6.07, 6.45) is 10.0. The molecule has 0 bridgehead atoms. The second kappa shape index (κ2) is 13.4. The van der Waals surface area contributed by atoms with Gasteiger partial charge in [0.2, 0.25) is 0 Å². The number of allylic oxidation sites excluding steroid dienone is 2. The first-order valence-electron chi connectivity index (χ1n) is 14.2. The highest BCUT2D eigenvalue weighted by Crippen LogP contribution is 2.45. The number of benzene rings is 1. The number of fused-ring (bicyclic) bond motifs is 1. The maximum Gasteiger partial charge on any atom is 0.302 e. The van der Waals surface area contributed by atoms with E-state index in [1.54, 1.807) is 0 Å². The third-order valence-corrected chi connectivity index (χ3v) is 14.1. The van der Waals surface area contributed by atoms with E-state index < -0.39 is 14.5 Å². The van der Waals surface area contributed by atoms with Crippen molar-refractivity contribution in [3.63, 3.8) is 0 Å². The van der Waals surface area contributed by atoms with Crippen molar-refractivity contribution < 1.29 is 18.3 Å². The quantitative estimate of drug-likeness (QED) is 0.0798. The molecule has 3 rings (SSSR count). The van der Waals surface area contributed by atoms with Crippen LogP contribution in [-0.4, -0.2) is 38.0 Å². The number of hydrogen-bond acceptors (Lipinski definition) is 3. The molecule has 37 heavy (non-hydrogen) atoms. The van der Waals surface area contributed by atoms with Crippen LogP contribution in [0.1, 0.15) is 77.3 Å². The fourth-order valence-corrected chi connectivity index (χ4v) is 7.65. The van der Waals surface area contributed by atoms with Crippen molar-refractivity contribution in [2.75, 3.05) is 5.33 Å². The predicted molar refractivity (Wildman–Crippen MR) is 157 cm³/mol. The summed E-state index contributed by atoms with van der Waals surface area (Å²) in [4.78, 5) is 11.8. The molecule has 5 atom stereocenters. The molecule has 0 amide bonds. The topological polar surface area (TPSA) is 35.5 Å². The zero-order valence-electron chi connectivity index (χ0n) is 23.8. The van der Waals surface area contributed by atoms with E-state index >= 15 is 4.39 Å². The van der Waals surface area contributed by atoms with Gasteiger partial charge in [0.25, 0.3) is 0 Å². The second-order valence-corrected chi connectivity index (χ2v) is 18.2. The molecule has 2 aliphatic carbocycles. The van der Waals surface area contributed by atoms with Crippen molar-refractivity contribution >= 4 is 30.2 Å². The van der Waals surface area contributed by atoms with Crippen LogP contribution in [0.5, 0.6) is 0 Å². The molecule has 0 unspecified atom stereocenters. The molecule has 1 aromatic rings. The Bertz CT molecular complexity index is 887. The third-order valence-electron chi connectivity index (χ3n) is 8.99. The number of rotatable bonds is 12. The lowest BCUT2D eigenvalue weighted by atomic mass is 9.84. The van der Waals surface area contributed by atoms with E-state index in [1.165, 1.54) is 18.1 Å². The highest BCUT2D eigenvalue weighted by molar-refractivity contribution is 9.09. The molecule has 1 aromatic carbocycles. The minimum absolute atomic E-state index is 0.0217. The molecule has 1 fully saturated rings. The Hall–Kier alpha value is -0.983. The molecule has 0 saturated heterocycles. The minimum atomic E-state index is -2.00. The van der Waals surface area contributed by atoms with Crippen LogP contribution in [0, 0.1) is 17.8 Å². The Morgan fingerprint density at radius 3 is 2.38 bits per heavy atom. The molecule has 0 spiro atoms. The summed E-state index contributed by atoms with van der Waals surface area (Å²) >= 11 is 3.48. The summed E-state index contributed by atoms with van der Waals surface area (Å²) in [6.45, 7) is 13.0. The average Bonchev–Trinajstić information content (AvgIpc) is 3.36. The molecule has 3 nitrogen and oxygen atoms in total. The molecule has 0 radical (unpaired) electrons. The Kier molecular flexibility index (Phi) is 11.1. The molecular formula is C31H48BrFO3Si. The van der Waals surface area contributed by atoms with Crippen molar-refractivity contribution in [1.82, 2.24) is 0 Å². The van der Waals surface area contributed by atoms with E-state index in [0.29, 0.717) is 12.3 Å². The van der Waals surface area contributed by atoms with Gasteiger partial charge in [-0.05, 0) is 86.0 Å². The van der Waals surface area contributed by atoms with Gasteiger partial charge in [-0.15, -0.1) is 0 Å². The van der Waals surface area contributed by atoms with Gasteiger partial charge in [-0.1, -0.05) is 73.1 Å². The molecule has 1 saturated carbocycles. The first kappa shape index (κ1) is 30.6. The maximum absolute atomic E-state index is 15.5. The molecule has 0 heterocycles. The number of carbonyl (C=O) groups excluding carboxylic acids is 1. The number of hydrogen-bond donors (Lipinski definition) is 0. The van der Waals surface area contributed by atoms with Gasteiger partial charge in [0, 0.05) is 30.7 Å². The smallest absolute Gasteiger partial charge is 0.302 e. The summed E-state index contributed by atoms with van der Waals surface area (Å²) in [5.74, 6) is 0.0275. The van der Waals surface area contributed by atoms with E-state index in [1.807, 2.05) is 0 Å². The average molecular weight is 596 g/mol. The van der Waals surface area contributed by atoms with E-state index in [-0.39, 0.29) is 35.1 Å². The van der Waals surface area contributed by atoms with Gasteiger partial charge in [-0.2, -0.15) is 0 Å². The number of unbranched alkanes of at least 4 members (excludes halogenated alkanes) is 1. The maximum atomic E-state index is 15.5. The zero-order valence-corrected chi connectivity index (χ0v) is 26.4. The third kappa shape index (κ3) is 8.25. The molecule has 0 aromatic heterocycles. The van der Waals surface area contributed by atoms with Crippen molar-refractivity contribution in [3.05, 3.63) is 47.5 Å². The summed E-state index contributed by atoms with van der Waals surface area (Å²) in [5, 5.41) is 1.10. The van der Waals surface area contributed by atoms with Crippen molar-refractivity contribution in [3.8, 4) is 0 Å². The number of alkyl halides is 2. The van der Waals surface area contributed by atoms with Crippen LogP contribution >= 0.6 is 15.9 Å². The first-order valence-corrected chi connectivity index (χ1v) is 18.2. The lowest BCUT2D eigenvalue weighted by molar-refractivity contribution is -0.148. The lowest BCUT2D eigenvalue weighted by Gasteiger charge is -2.41. The highest BCUT2D eigenvalue weighted by Gasteiger charge is 2.46. The van der Waals surface area contributed by atoms with Gasteiger partial charge in [-0.25, -0.2) is 4.39 Å². The van der Waals surface area contributed by atoms with Crippen LogP contribution in [0.2, 0.25) is 18.1 Å². The summed E-state index contributed by atoms with van der Waals surface area (Å²) in [6, 6.07) is 8.74. The molecule has 0 N–H and O–H groups in total. The zero-order chi connectivity index (χ0) is 27.2. The monoisotopic (exact) mass is 594 g/mol. The number of halogens is 2. The Morgan fingerprint density at radius 1 is 1.16 bits per heavy atom. The van der Waals surface area contributed by atoms with Gasteiger partial charge < -0.3 is 9.16 Å². The van der Waals surface area contributed by atoms with Gasteiger partial charge in [0.1, 0.15) is 12.3 Å². The largest absolute Gasteiger partial charge is 0.462 e. The van der Waals surface area contributed by atoms with Gasteiger partial charge in [0.05, 0.1) is 0 Å². The Labute approximate surface area is 234 Å². The minimum Gasteiger partial charge on any atom is -0.462 e. The van der Waals surface area contributed by atoms with Gasteiger partial charge in [-0.3, -0.25) is 4.79 Å². The summed E-state index contributed by atoms with van der Waals surface area (Å²) in [5.41, 5.74) is 2.86. The van der Waals surface area contributed by atoms with Crippen molar-refractivity contribution in [1.29, 1.82) is 0 Å². The van der Waals surface area contributed by atoms with Crippen LogP contribution in [0.15, 0.2) is 36.4 Å². The molecule has 0 aliphatic heterocycles. The summed E-state index contributed by atoms with van der Waals surface area (Å²) < 4.78 is 28.2. The number of carbonyl (C=O) groups is 1. The first-order chi connectivity index (χ1) is 17.4. The normalized spacial score (nSPS) is 25.5. The lowest BCUT2D eigenvalue weighted by Crippen LogP contribution is -2.46.